The molecule has 4 aliphatic carbocycles. The summed E-state index contributed by atoms with van der Waals surface area (Å²) >= 11 is 0. The Bertz CT molecular complexity index is 972. The van der Waals surface area contributed by atoms with Gasteiger partial charge in [-0.2, -0.15) is 8.42 Å². The molecule has 0 spiro atoms. The number of carbonyl (C=O) groups is 1. The standard InChI is InChI=1S/C30H50O5S/c1-8-21(19(2)3)10-9-20(4)24-11-12-25-23-17-27(31)30(32)18-22(35-36(7,33)34)13-16-29(30,6)26(23)14-15-28(24,25)5/h9-10,19-26,32H,8,11-18H2,1-7H3/b10-9+/t20-,21-,22+,23+,24-,25+,26+,28-,29-,30+/m1/s1. The number of hydrogen-bond acceptors (Lipinski definition) is 5. The highest BCUT2D eigenvalue weighted by Gasteiger charge is 2.68. The molecule has 6 heteroatoms. The van der Waals surface area contributed by atoms with Gasteiger partial charge >= 0.3 is 0 Å². The summed E-state index contributed by atoms with van der Waals surface area (Å²) in [4.78, 5) is 13.6. The van der Waals surface area contributed by atoms with Crippen molar-refractivity contribution in [1.29, 1.82) is 0 Å². The van der Waals surface area contributed by atoms with E-state index in [1.807, 2.05) is 0 Å². The highest BCUT2D eigenvalue weighted by Crippen LogP contribution is 2.68. The van der Waals surface area contributed by atoms with Crippen LogP contribution in [0.15, 0.2) is 12.2 Å². The highest BCUT2D eigenvalue weighted by molar-refractivity contribution is 7.86. The van der Waals surface area contributed by atoms with Gasteiger partial charge in [-0.3, -0.25) is 8.98 Å². The maximum absolute atomic E-state index is 13.6. The van der Waals surface area contributed by atoms with Crippen LogP contribution in [0.25, 0.3) is 0 Å². The lowest BCUT2D eigenvalue weighted by Crippen LogP contribution is -2.67. The summed E-state index contributed by atoms with van der Waals surface area (Å²) in [5.41, 5.74) is -1.77. The number of carbonyl (C=O) groups excluding carboxylic acids is 1. The zero-order chi connectivity index (χ0) is 26.7. The summed E-state index contributed by atoms with van der Waals surface area (Å²) in [5.74, 6) is 3.49. The highest BCUT2D eigenvalue weighted by atomic mass is 32.2. The molecular weight excluding hydrogens is 472 g/mol. The lowest BCUT2D eigenvalue weighted by Gasteiger charge is -2.63. The van der Waals surface area contributed by atoms with E-state index in [0.29, 0.717) is 60.7 Å². The number of fused-ring (bicyclic) bond motifs is 5. The molecule has 0 radical (unpaired) electrons. The monoisotopic (exact) mass is 522 g/mol. The van der Waals surface area contributed by atoms with Crippen molar-refractivity contribution < 1.29 is 22.5 Å². The molecule has 0 aromatic heterocycles. The second-order valence-corrected chi connectivity index (χ2v) is 15.3. The molecule has 0 aromatic rings. The van der Waals surface area contributed by atoms with Gasteiger partial charge in [0.25, 0.3) is 10.1 Å². The Morgan fingerprint density at radius 2 is 1.75 bits per heavy atom. The van der Waals surface area contributed by atoms with Gasteiger partial charge in [0.2, 0.25) is 0 Å². The molecule has 5 nitrogen and oxygen atoms in total. The van der Waals surface area contributed by atoms with E-state index in [1.54, 1.807) is 0 Å². The number of rotatable bonds is 7. The topological polar surface area (TPSA) is 80.7 Å². The van der Waals surface area contributed by atoms with E-state index < -0.39 is 27.2 Å². The molecule has 4 rings (SSSR count). The van der Waals surface area contributed by atoms with Gasteiger partial charge in [-0.1, -0.05) is 53.7 Å². The number of ketones is 1. The Morgan fingerprint density at radius 1 is 1.06 bits per heavy atom. The Morgan fingerprint density at radius 3 is 2.36 bits per heavy atom. The summed E-state index contributed by atoms with van der Waals surface area (Å²) < 4.78 is 28.7. The van der Waals surface area contributed by atoms with Gasteiger partial charge in [0, 0.05) is 18.3 Å². The third-order valence-corrected chi connectivity index (χ3v) is 12.2. The third-order valence-electron chi connectivity index (χ3n) is 11.6. The molecule has 36 heavy (non-hydrogen) atoms. The molecule has 206 valence electrons. The first kappa shape index (κ1) is 28.3. The van der Waals surface area contributed by atoms with E-state index in [0.717, 1.165) is 19.1 Å². The fourth-order valence-corrected chi connectivity index (χ4v) is 10.2. The van der Waals surface area contributed by atoms with Gasteiger partial charge in [0.05, 0.1) is 12.4 Å². The Balaban J connectivity index is 1.55. The van der Waals surface area contributed by atoms with Gasteiger partial charge in [-0.15, -0.1) is 0 Å². The van der Waals surface area contributed by atoms with Crippen LogP contribution >= 0.6 is 0 Å². The summed E-state index contributed by atoms with van der Waals surface area (Å²) in [6.07, 6.45) is 12.8. The molecule has 0 aliphatic heterocycles. The van der Waals surface area contributed by atoms with Gasteiger partial charge in [0.1, 0.15) is 5.60 Å². The second-order valence-electron chi connectivity index (χ2n) is 13.7. The number of hydrogen-bond donors (Lipinski definition) is 1. The molecule has 0 heterocycles. The van der Waals surface area contributed by atoms with Gasteiger partial charge in [-0.05, 0) is 91.8 Å². The molecule has 0 bridgehead atoms. The van der Waals surface area contributed by atoms with E-state index in [9.17, 15) is 18.3 Å². The average Bonchev–Trinajstić information content (AvgIpc) is 3.12. The lowest BCUT2D eigenvalue weighted by molar-refractivity contribution is -0.211. The molecule has 0 saturated heterocycles. The van der Waals surface area contributed by atoms with Crippen LogP contribution in [-0.4, -0.2) is 37.3 Å². The van der Waals surface area contributed by atoms with Crippen molar-refractivity contribution in [2.24, 2.45) is 52.3 Å². The molecule has 1 N–H and O–H groups in total. The van der Waals surface area contributed by atoms with Crippen LogP contribution in [0.2, 0.25) is 0 Å². The fraction of sp³-hybridized carbons (Fsp3) is 0.900. The number of allylic oxidation sites excluding steroid dienone is 2. The zero-order valence-electron chi connectivity index (χ0n) is 23.6. The Labute approximate surface area is 220 Å². The quantitative estimate of drug-likeness (QED) is 0.320. The second kappa shape index (κ2) is 9.79. The molecule has 4 aliphatic rings. The first-order valence-electron chi connectivity index (χ1n) is 14.5. The summed E-state index contributed by atoms with van der Waals surface area (Å²) in [6.45, 7) is 13.9. The van der Waals surface area contributed by atoms with E-state index in [1.165, 1.54) is 19.3 Å². The number of aliphatic hydroxyl groups is 1. The minimum absolute atomic E-state index is 0.0867. The van der Waals surface area contributed by atoms with Crippen LogP contribution < -0.4 is 0 Å². The van der Waals surface area contributed by atoms with E-state index in [-0.39, 0.29) is 17.6 Å². The molecule has 0 unspecified atom stereocenters. The van der Waals surface area contributed by atoms with Crippen LogP contribution in [0.5, 0.6) is 0 Å². The lowest BCUT2D eigenvalue weighted by atomic mass is 9.42. The molecule has 0 amide bonds. The molecule has 10 atom stereocenters. The zero-order valence-corrected chi connectivity index (χ0v) is 24.4. The maximum atomic E-state index is 13.6. The van der Waals surface area contributed by atoms with Crippen LogP contribution in [0.4, 0.5) is 0 Å². The molecule has 4 saturated carbocycles. The first-order chi connectivity index (χ1) is 16.7. The SMILES string of the molecule is CC[C@H](/C=C/[C@@H](C)[C@H]1CC[C@H]2[C@@H]3CC(=O)[C@@]4(O)C[C@@H](OS(C)(=O)=O)CC[C@]4(C)[C@H]3CC[C@]12C)C(C)C. The summed E-state index contributed by atoms with van der Waals surface area (Å²) in [5, 5.41) is 11.8. The Hall–Kier alpha value is -0.720. The minimum atomic E-state index is -3.63. The average molecular weight is 523 g/mol. The molecule has 0 aromatic carbocycles. The van der Waals surface area contributed by atoms with Crippen LogP contribution in [0.3, 0.4) is 0 Å². The fourth-order valence-electron chi connectivity index (χ4n) is 9.52. The van der Waals surface area contributed by atoms with Crippen molar-refractivity contribution in [2.45, 2.75) is 111 Å². The van der Waals surface area contributed by atoms with Crippen LogP contribution in [0.1, 0.15) is 99.3 Å². The van der Waals surface area contributed by atoms with Crippen molar-refractivity contribution in [3.05, 3.63) is 12.2 Å². The molecular formula is C30H50O5S. The summed E-state index contributed by atoms with van der Waals surface area (Å²) in [7, 11) is -3.63. The largest absolute Gasteiger partial charge is 0.381 e. The van der Waals surface area contributed by atoms with E-state index >= 15 is 0 Å². The molecule has 4 fully saturated rings. The van der Waals surface area contributed by atoms with Crippen LogP contribution in [-0.2, 0) is 19.1 Å². The van der Waals surface area contributed by atoms with Crippen molar-refractivity contribution in [3.63, 3.8) is 0 Å². The van der Waals surface area contributed by atoms with Crippen molar-refractivity contribution in [1.82, 2.24) is 0 Å². The predicted molar refractivity (Wildman–Crippen MR) is 144 cm³/mol. The predicted octanol–water partition coefficient (Wildman–Crippen LogP) is 6.16. The van der Waals surface area contributed by atoms with Gasteiger partial charge in [0.15, 0.2) is 5.78 Å². The first-order valence-corrected chi connectivity index (χ1v) is 16.3. The van der Waals surface area contributed by atoms with Gasteiger partial charge in [-0.25, -0.2) is 0 Å². The van der Waals surface area contributed by atoms with Gasteiger partial charge < -0.3 is 5.11 Å². The normalized spacial score (nSPS) is 44.8. The van der Waals surface area contributed by atoms with Crippen molar-refractivity contribution in [3.8, 4) is 0 Å². The number of Topliss-reactive ketones (excluding diaryl/α,β-unsaturated/α-hetero) is 1. The Kier molecular flexibility index (Phi) is 7.69. The van der Waals surface area contributed by atoms with Crippen molar-refractivity contribution >= 4 is 15.9 Å². The van der Waals surface area contributed by atoms with Crippen molar-refractivity contribution in [2.75, 3.05) is 6.26 Å². The van der Waals surface area contributed by atoms with E-state index in [4.69, 9.17) is 4.18 Å². The third kappa shape index (κ3) is 4.66. The maximum Gasteiger partial charge on any atom is 0.264 e. The van der Waals surface area contributed by atoms with Crippen LogP contribution in [0, 0.1) is 52.3 Å². The minimum Gasteiger partial charge on any atom is -0.381 e. The smallest absolute Gasteiger partial charge is 0.264 e. The van der Waals surface area contributed by atoms with E-state index in [2.05, 4.69) is 53.7 Å². The summed E-state index contributed by atoms with van der Waals surface area (Å²) in [6, 6.07) is 0.